The molecule has 7 heteroatoms. The van der Waals surface area contributed by atoms with Gasteiger partial charge in [-0.15, -0.1) is 0 Å². The highest BCUT2D eigenvalue weighted by Gasteiger charge is 2.26. The number of aromatic nitrogens is 1. The summed E-state index contributed by atoms with van der Waals surface area (Å²) in [4.78, 5) is 30.9. The third kappa shape index (κ3) is 4.78. The van der Waals surface area contributed by atoms with Gasteiger partial charge in [-0.05, 0) is 13.1 Å². The highest BCUT2D eigenvalue weighted by atomic mass is 16.5. The van der Waals surface area contributed by atoms with Crippen LogP contribution in [-0.4, -0.2) is 77.5 Å². The van der Waals surface area contributed by atoms with Gasteiger partial charge in [-0.25, -0.2) is 0 Å². The maximum atomic E-state index is 12.7. The van der Waals surface area contributed by atoms with Crippen LogP contribution in [0.5, 0.6) is 0 Å². The fourth-order valence-electron chi connectivity index (χ4n) is 3.39. The first kappa shape index (κ1) is 20.1. The minimum absolute atomic E-state index is 0.152. The van der Waals surface area contributed by atoms with Crippen molar-refractivity contribution in [3.8, 4) is 11.3 Å². The van der Waals surface area contributed by atoms with Crippen molar-refractivity contribution in [1.82, 2.24) is 19.9 Å². The molecule has 0 radical (unpaired) electrons. The number of rotatable bonds is 7. The summed E-state index contributed by atoms with van der Waals surface area (Å²) in [6.45, 7) is 9.05. The quantitative estimate of drug-likeness (QED) is 0.733. The Morgan fingerprint density at radius 3 is 2.32 bits per heavy atom. The molecule has 1 fully saturated rings. The van der Waals surface area contributed by atoms with E-state index in [-0.39, 0.29) is 11.8 Å². The van der Waals surface area contributed by atoms with Gasteiger partial charge in [-0.1, -0.05) is 49.3 Å². The molecule has 1 aromatic heterocycles. The summed E-state index contributed by atoms with van der Waals surface area (Å²) < 4.78 is 5.33. The number of carbonyl (C=O) groups excluding carboxylic acids is 2. The van der Waals surface area contributed by atoms with E-state index in [1.54, 1.807) is 11.0 Å². The van der Waals surface area contributed by atoms with E-state index in [1.165, 1.54) is 0 Å². The summed E-state index contributed by atoms with van der Waals surface area (Å²) in [5, 5.41) is 3.94. The van der Waals surface area contributed by atoms with Crippen LogP contribution < -0.4 is 0 Å². The van der Waals surface area contributed by atoms with Gasteiger partial charge in [0, 0.05) is 50.8 Å². The lowest BCUT2D eigenvalue weighted by atomic mass is 10.1. The molecule has 1 aliphatic heterocycles. The number of benzene rings is 1. The second-order valence-electron chi connectivity index (χ2n) is 6.89. The predicted molar refractivity (Wildman–Crippen MR) is 107 cm³/mol. The zero-order valence-electron chi connectivity index (χ0n) is 16.6. The molecule has 7 nitrogen and oxygen atoms in total. The van der Waals surface area contributed by atoms with Crippen LogP contribution in [-0.2, 0) is 4.79 Å². The molecule has 2 amide bonds. The lowest BCUT2D eigenvalue weighted by Gasteiger charge is -2.34. The maximum Gasteiger partial charge on any atom is 0.276 e. The first-order valence-electron chi connectivity index (χ1n) is 9.94. The summed E-state index contributed by atoms with van der Waals surface area (Å²) in [6, 6.07) is 11.3. The van der Waals surface area contributed by atoms with Crippen molar-refractivity contribution in [2.75, 3.05) is 45.8 Å². The zero-order chi connectivity index (χ0) is 19.9. The molecule has 0 bridgehead atoms. The molecule has 0 unspecified atom stereocenters. The fraction of sp³-hybridized carbons (Fsp3) is 0.476. The highest BCUT2D eigenvalue weighted by molar-refractivity contribution is 5.93. The molecule has 1 saturated heterocycles. The summed E-state index contributed by atoms with van der Waals surface area (Å²) in [5.41, 5.74) is 1.19. The van der Waals surface area contributed by atoms with E-state index in [4.69, 9.17) is 4.52 Å². The van der Waals surface area contributed by atoms with Gasteiger partial charge in [0.15, 0.2) is 11.5 Å². The van der Waals surface area contributed by atoms with Crippen LogP contribution in [0.3, 0.4) is 0 Å². The molecular weight excluding hydrogens is 356 g/mol. The van der Waals surface area contributed by atoms with Crippen LogP contribution in [0, 0.1) is 0 Å². The topological polar surface area (TPSA) is 69.9 Å². The monoisotopic (exact) mass is 384 g/mol. The molecule has 0 atom stereocenters. The van der Waals surface area contributed by atoms with Gasteiger partial charge in [0.05, 0.1) is 0 Å². The molecule has 3 rings (SSSR count). The van der Waals surface area contributed by atoms with E-state index in [0.29, 0.717) is 44.1 Å². The lowest BCUT2D eigenvalue weighted by molar-refractivity contribution is -0.133. The van der Waals surface area contributed by atoms with Gasteiger partial charge >= 0.3 is 0 Å². The molecule has 2 heterocycles. The zero-order valence-corrected chi connectivity index (χ0v) is 16.6. The molecule has 150 valence electrons. The smallest absolute Gasteiger partial charge is 0.276 e. The van der Waals surface area contributed by atoms with Gasteiger partial charge in [-0.3, -0.25) is 9.59 Å². The average molecular weight is 384 g/mol. The number of piperazine rings is 1. The molecule has 2 aromatic rings. The van der Waals surface area contributed by atoms with Crippen molar-refractivity contribution in [3.63, 3.8) is 0 Å². The molecule has 0 saturated carbocycles. The number of carbonyl (C=O) groups is 2. The maximum absolute atomic E-state index is 12.7. The molecule has 1 aliphatic rings. The van der Waals surface area contributed by atoms with Crippen LogP contribution in [0.15, 0.2) is 40.9 Å². The van der Waals surface area contributed by atoms with E-state index in [9.17, 15) is 9.59 Å². The average Bonchev–Trinajstić information content (AvgIpc) is 3.25. The van der Waals surface area contributed by atoms with Crippen molar-refractivity contribution < 1.29 is 14.1 Å². The standard InChI is InChI=1S/C21H28N4O3/c1-3-23(4-2)11-10-20(26)24-12-14-25(15-13-24)21(27)18-16-19(28-22-18)17-8-6-5-7-9-17/h5-9,16H,3-4,10-15H2,1-2H3. The van der Waals surface area contributed by atoms with Gasteiger partial charge in [0.2, 0.25) is 5.91 Å². The largest absolute Gasteiger partial charge is 0.355 e. The number of hydrogen-bond acceptors (Lipinski definition) is 5. The summed E-state index contributed by atoms with van der Waals surface area (Å²) >= 11 is 0. The third-order valence-corrected chi connectivity index (χ3v) is 5.24. The summed E-state index contributed by atoms with van der Waals surface area (Å²) in [5.74, 6) is 0.585. The van der Waals surface area contributed by atoms with Crippen LogP contribution in [0.25, 0.3) is 11.3 Å². The first-order chi connectivity index (χ1) is 13.6. The molecule has 1 aromatic carbocycles. The van der Waals surface area contributed by atoms with Crippen LogP contribution in [0.2, 0.25) is 0 Å². The highest BCUT2D eigenvalue weighted by Crippen LogP contribution is 2.20. The number of hydrogen-bond donors (Lipinski definition) is 0. The van der Waals surface area contributed by atoms with Crippen LogP contribution >= 0.6 is 0 Å². The second kappa shape index (κ2) is 9.50. The van der Waals surface area contributed by atoms with E-state index in [1.807, 2.05) is 35.2 Å². The Morgan fingerprint density at radius 1 is 1.04 bits per heavy atom. The Bertz CT molecular complexity index is 778. The van der Waals surface area contributed by atoms with Crippen LogP contribution in [0.4, 0.5) is 0 Å². The van der Waals surface area contributed by atoms with Crippen molar-refractivity contribution in [3.05, 3.63) is 42.1 Å². The molecule has 28 heavy (non-hydrogen) atoms. The Morgan fingerprint density at radius 2 is 1.68 bits per heavy atom. The van der Waals surface area contributed by atoms with E-state index in [2.05, 4.69) is 23.9 Å². The van der Waals surface area contributed by atoms with Crippen molar-refractivity contribution in [2.24, 2.45) is 0 Å². The number of amides is 2. The molecule has 0 spiro atoms. The molecular formula is C21H28N4O3. The Balaban J connectivity index is 1.51. The van der Waals surface area contributed by atoms with Crippen LogP contribution in [0.1, 0.15) is 30.8 Å². The van der Waals surface area contributed by atoms with Crippen molar-refractivity contribution >= 4 is 11.8 Å². The van der Waals surface area contributed by atoms with Gasteiger partial charge in [0.25, 0.3) is 5.91 Å². The molecule has 0 N–H and O–H groups in total. The number of nitrogens with zero attached hydrogens (tertiary/aromatic N) is 4. The van der Waals surface area contributed by atoms with Crippen molar-refractivity contribution in [2.45, 2.75) is 20.3 Å². The normalized spacial score (nSPS) is 14.5. The lowest BCUT2D eigenvalue weighted by Crippen LogP contribution is -2.51. The fourth-order valence-corrected chi connectivity index (χ4v) is 3.39. The van der Waals surface area contributed by atoms with Gasteiger partial charge in [-0.2, -0.15) is 0 Å². The van der Waals surface area contributed by atoms with Gasteiger partial charge < -0.3 is 19.2 Å². The van der Waals surface area contributed by atoms with Crippen molar-refractivity contribution in [1.29, 1.82) is 0 Å². The van der Waals surface area contributed by atoms with E-state index in [0.717, 1.165) is 25.2 Å². The second-order valence-corrected chi connectivity index (χ2v) is 6.89. The minimum Gasteiger partial charge on any atom is -0.355 e. The summed E-state index contributed by atoms with van der Waals surface area (Å²) in [7, 11) is 0. The SMILES string of the molecule is CCN(CC)CCC(=O)N1CCN(C(=O)c2cc(-c3ccccc3)on2)CC1. The van der Waals surface area contributed by atoms with Gasteiger partial charge in [0.1, 0.15) is 0 Å². The predicted octanol–water partition coefficient (Wildman–Crippen LogP) is 2.36. The third-order valence-electron chi connectivity index (χ3n) is 5.24. The Kier molecular flexibility index (Phi) is 6.81. The first-order valence-corrected chi connectivity index (χ1v) is 9.94. The Hall–Kier alpha value is -2.67. The van der Waals surface area contributed by atoms with E-state index >= 15 is 0 Å². The molecule has 0 aliphatic carbocycles. The summed E-state index contributed by atoms with van der Waals surface area (Å²) in [6.07, 6.45) is 0.527. The van der Waals surface area contributed by atoms with E-state index < -0.39 is 0 Å². The minimum atomic E-state index is -0.152. The Labute approximate surface area is 165 Å².